The molecule has 0 saturated carbocycles. The average Bonchev–Trinajstić information content (AvgIpc) is 2.52. The third-order valence-electron chi connectivity index (χ3n) is 3.46. The van der Waals surface area contributed by atoms with Crippen molar-refractivity contribution in [1.29, 1.82) is 0 Å². The molecular weight excluding hydrogens is 323 g/mol. The fraction of sp³-hybridized carbons (Fsp3) is 0.267. The average molecular weight is 337 g/mol. The predicted octanol–water partition coefficient (Wildman–Crippen LogP) is 3.31. The fourth-order valence-electron chi connectivity index (χ4n) is 2.24. The standard InChI is InChI=1S/C15H14F3N5O/c1-9-2-4-11(5-3-9)23-7-10-6-19-13(20-8-15(16,17)18)21-12(10)22-14(23)24/h2-6H,7-8H2,1H3,(H2,19,20,21,22,24). The molecule has 6 nitrogen and oxygen atoms in total. The zero-order chi connectivity index (χ0) is 17.3. The Hall–Kier alpha value is -2.84. The highest BCUT2D eigenvalue weighted by atomic mass is 19.4. The molecular formula is C15H14F3N5O. The van der Waals surface area contributed by atoms with E-state index >= 15 is 0 Å². The monoisotopic (exact) mass is 337 g/mol. The van der Waals surface area contributed by atoms with Crippen molar-refractivity contribution < 1.29 is 18.0 Å². The molecule has 3 rings (SSSR count). The van der Waals surface area contributed by atoms with Gasteiger partial charge in [0.2, 0.25) is 5.95 Å². The predicted molar refractivity (Wildman–Crippen MR) is 83.0 cm³/mol. The van der Waals surface area contributed by atoms with Gasteiger partial charge in [0.25, 0.3) is 0 Å². The van der Waals surface area contributed by atoms with Crippen molar-refractivity contribution in [2.75, 3.05) is 22.1 Å². The van der Waals surface area contributed by atoms with Crippen LogP contribution >= 0.6 is 0 Å². The first-order valence-corrected chi connectivity index (χ1v) is 7.13. The summed E-state index contributed by atoms with van der Waals surface area (Å²) in [4.78, 5) is 21.5. The first-order valence-electron chi connectivity index (χ1n) is 7.13. The third kappa shape index (κ3) is 3.55. The number of nitrogens with one attached hydrogen (secondary N) is 2. The van der Waals surface area contributed by atoms with E-state index < -0.39 is 18.8 Å². The van der Waals surface area contributed by atoms with Crippen molar-refractivity contribution in [3.05, 3.63) is 41.6 Å². The number of benzene rings is 1. The molecule has 2 N–H and O–H groups in total. The molecule has 0 aliphatic carbocycles. The second kappa shape index (κ2) is 5.99. The Morgan fingerprint density at radius 2 is 2.00 bits per heavy atom. The molecule has 0 fully saturated rings. The number of nitrogens with zero attached hydrogens (tertiary/aromatic N) is 3. The first-order chi connectivity index (χ1) is 11.3. The molecule has 0 saturated heterocycles. The van der Waals surface area contributed by atoms with E-state index in [0.29, 0.717) is 11.3 Å². The summed E-state index contributed by atoms with van der Waals surface area (Å²) in [5.74, 6) is 0.0261. The Bertz CT molecular complexity index is 761. The molecule has 2 heterocycles. The molecule has 0 spiro atoms. The van der Waals surface area contributed by atoms with Crippen molar-refractivity contribution in [1.82, 2.24) is 9.97 Å². The van der Waals surface area contributed by atoms with E-state index in [9.17, 15) is 18.0 Å². The maximum Gasteiger partial charge on any atom is 0.405 e. The normalized spacial score (nSPS) is 14.2. The lowest BCUT2D eigenvalue weighted by Gasteiger charge is -2.28. The van der Waals surface area contributed by atoms with E-state index in [4.69, 9.17) is 0 Å². The highest BCUT2D eigenvalue weighted by Gasteiger charge is 2.28. The van der Waals surface area contributed by atoms with Crippen molar-refractivity contribution in [3.63, 3.8) is 0 Å². The number of carbonyl (C=O) groups excluding carboxylic acids is 1. The van der Waals surface area contributed by atoms with E-state index in [1.165, 1.54) is 11.1 Å². The maximum absolute atomic E-state index is 12.2. The van der Waals surface area contributed by atoms with E-state index in [-0.39, 0.29) is 18.3 Å². The van der Waals surface area contributed by atoms with E-state index in [0.717, 1.165) is 5.56 Å². The summed E-state index contributed by atoms with van der Waals surface area (Å²) in [7, 11) is 0. The van der Waals surface area contributed by atoms with Crippen LogP contribution in [0.1, 0.15) is 11.1 Å². The molecule has 0 atom stereocenters. The molecule has 1 aliphatic rings. The van der Waals surface area contributed by atoms with Gasteiger partial charge in [0.15, 0.2) is 0 Å². The highest BCUT2D eigenvalue weighted by molar-refractivity contribution is 6.03. The minimum Gasteiger partial charge on any atom is -0.345 e. The number of carbonyl (C=O) groups is 1. The number of amides is 2. The number of rotatable bonds is 3. The summed E-state index contributed by atoms with van der Waals surface area (Å²) in [6.07, 6.45) is -2.97. The lowest BCUT2D eigenvalue weighted by molar-refractivity contribution is -0.115. The number of halogens is 3. The van der Waals surface area contributed by atoms with Gasteiger partial charge >= 0.3 is 12.2 Å². The van der Waals surface area contributed by atoms with Crippen molar-refractivity contribution in [2.45, 2.75) is 19.6 Å². The van der Waals surface area contributed by atoms with Crippen LogP contribution < -0.4 is 15.5 Å². The number of aromatic nitrogens is 2. The number of hydrogen-bond donors (Lipinski definition) is 2. The Morgan fingerprint density at radius 3 is 2.67 bits per heavy atom. The van der Waals surface area contributed by atoms with Gasteiger partial charge in [-0.05, 0) is 19.1 Å². The van der Waals surface area contributed by atoms with Crippen LogP contribution in [0.2, 0.25) is 0 Å². The van der Waals surface area contributed by atoms with E-state index in [1.54, 1.807) is 0 Å². The lowest BCUT2D eigenvalue weighted by Crippen LogP contribution is -2.39. The highest BCUT2D eigenvalue weighted by Crippen LogP contribution is 2.26. The van der Waals surface area contributed by atoms with Crippen LogP contribution in [-0.4, -0.2) is 28.7 Å². The number of urea groups is 1. The number of fused-ring (bicyclic) bond motifs is 1. The van der Waals surface area contributed by atoms with E-state index in [2.05, 4.69) is 20.6 Å². The zero-order valence-corrected chi connectivity index (χ0v) is 12.7. The molecule has 0 bridgehead atoms. The molecule has 0 radical (unpaired) electrons. The van der Waals surface area contributed by atoms with Crippen molar-refractivity contribution in [2.24, 2.45) is 0 Å². The summed E-state index contributed by atoms with van der Waals surface area (Å²) >= 11 is 0. The van der Waals surface area contributed by atoms with Crippen LogP contribution in [0.5, 0.6) is 0 Å². The van der Waals surface area contributed by atoms with Gasteiger partial charge in [0.1, 0.15) is 12.4 Å². The minimum atomic E-state index is -4.37. The van der Waals surface area contributed by atoms with Crippen LogP contribution in [0.4, 0.5) is 35.4 Å². The molecule has 0 unspecified atom stereocenters. The number of hydrogen-bond acceptors (Lipinski definition) is 4. The molecule has 24 heavy (non-hydrogen) atoms. The number of aryl methyl sites for hydroxylation is 1. The van der Waals surface area contributed by atoms with Gasteiger partial charge in [-0.1, -0.05) is 17.7 Å². The molecule has 1 aromatic heterocycles. The first kappa shape index (κ1) is 16.0. The molecule has 1 aromatic carbocycles. The van der Waals surface area contributed by atoms with Crippen LogP contribution in [0.3, 0.4) is 0 Å². The Kier molecular flexibility index (Phi) is 4.00. The van der Waals surface area contributed by atoms with Gasteiger partial charge in [-0.25, -0.2) is 9.78 Å². The van der Waals surface area contributed by atoms with Crippen LogP contribution in [0.25, 0.3) is 0 Å². The van der Waals surface area contributed by atoms with Crippen molar-refractivity contribution >= 4 is 23.5 Å². The Morgan fingerprint density at radius 1 is 1.29 bits per heavy atom. The molecule has 126 valence electrons. The maximum atomic E-state index is 12.2. The number of anilines is 3. The van der Waals surface area contributed by atoms with E-state index in [1.807, 2.05) is 31.2 Å². The Balaban J connectivity index is 1.78. The van der Waals surface area contributed by atoms with Gasteiger partial charge in [-0.3, -0.25) is 10.2 Å². The molecule has 2 amide bonds. The zero-order valence-electron chi connectivity index (χ0n) is 12.7. The fourth-order valence-corrected chi connectivity index (χ4v) is 2.24. The summed E-state index contributed by atoms with van der Waals surface area (Å²) in [6, 6.07) is 7.02. The third-order valence-corrected chi connectivity index (χ3v) is 3.46. The minimum absolute atomic E-state index is 0.185. The topological polar surface area (TPSA) is 70.2 Å². The second-order valence-corrected chi connectivity index (χ2v) is 5.39. The summed E-state index contributed by atoms with van der Waals surface area (Å²) in [5.41, 5.74) is 2.40. The van der Waals surface area contributed by atoms with Crippen molar-refractivity contribution in [3.8, 4) is 0 Å². The van der Waals surface area contributed by atoms with Crippen LogP contribution in [0, 0.1) is 6.92 Å². The van der Waals surface area contributed by atoms with Gasteiger partial charge in [-0.15, -0.1) is 0 Å². The van der Waals surface area contributed by atoms with Crippen LogP contribution in [-0.2, 0) is 6.54 Å². The molecule has 1 aliphatic heterocycles. The summed E-state index contributed by atoms with van der Waals surface area (Å²) in [6.45, 7) is 0.942. The number of alkyl halides is 3. The van der Waals surface area contributed by atoms with Gasteiger partial charge in [0, 0.05) is 17.4 Å². The van der Waals surface area contributed by atoms with Gasteiger partial charge in [-0.2, -0.15) is 18.2 Å². The molecule has 9 heteroatoms. The summed E-state index contributed by atoms with van der Waals surface area (Å²) < 4.78 is 36.6. The second-order valence-electron chi connectivity index (χ2n) is 5.39. The Labute approximate surface area is 135 Å². The molecule has 2 aromatic rings. The SMILES string of the molecule is Cc1ccc(N2Cc3cnc(NCC(F)(F)F)nc3NC2=O)cc1. The summed E-state index contributed by atoms with van der Waals surface area (Å²) in [5, 5.41) is 4.66. The lowest BCUT2D eigenvalue weighted by atomic mass is 10.2. The van der Waals surface area contributed by atoms with Crippen LogP contribution in [0.15, 0.2) is 30.5 Å². The van der Waals surface area contributed by atoms with Gasteiger partial charge < -0.3 is 5.32 Å². The quantitative estimate of drug-likeness (QED) is 0.901. The largest absolute Gasteiger partial charge is 0.405 e. The van der Waals surface area contributed by atoms with Gasteiger partial charge in [0.05, 0.1) is 6.54 Å². The smallest absolute Gasteiger partial charge is 0.345 e.